The summed E-state index contributed by atoms with van der Waals surface area (Å²) in [5, 5.41) is 12.2. The van der Waals surface area contributed by atoms with Crippen LogP contribution < -0.4 is 0 Å². The lowest BCUT2D eigenvalue weighted by atomic mass is 9.95. The average Bonchev–Trinajstić information content (AvgIpc) is 2.45. The first-order chi connectivity index (χ1) is 9.96. The number of amides is 1. The van der Waals surface area contributed by atoms with Crippen molar-refractivity contribution in [3.8, 4) is 0 Å². The summed E-state index contributed by atoms with van der Waals surface area (Å²) in [6.07, 6.45) is 1.50. The van der Waals surface area contributed by atoms with Gasteiger partial charge in [0.1, 0.15) is 10.8 Å². The average molecular weight is 305 g/mol. The van der Waals surface area contributed by atoms with E-state index < -0.39 is 5.60 Å². The molecule has 1 aromatic carbocycles. The van der Waals surface area contributed by atoms with E-state index >= 15 is 0 Å². The Labute approximate surface area is 128 Å². The number of likely N-dealkylation sites (tertiary alicyclic amines) is 1. The van der Waals surface area contributed by atoms with Crippen molar-refractivity contribution in [2.24, 2.45) is 0 Å². The van der Waals surface area contributed by atoms with Crippen LogP contribution in [-0.4, -0.2) is 39.6 Å². The summed E-state index contributed by atoms with van der Waals surface area (Å²) in [5.41, 5.74) is -0.495. The lowest BCUT2D eigenvalue weighted by Gasteiger charge is -2.36. The highest BCUT2D eigenvalue weighted by molar-refractivity contribution is 6.34. The number of benzene rings is 1. The van der Waals surface area contributed by atoms with Crippen molar-refractivity contribution in [3.05, 3.63) is 41.2 Å². The Balaban J connectivity index is 1.94. The summed E-state index contributed by atoms with van der Waals surface area (Å²) >= 11 is 6.17. The van der Waals surface area contributed by atoms with E-state index in [1.54, 1.807) is 17.9 Å². The van der Waals surface area contributed by atoms with Gasteiger partial charge in [0.25, 0.3) is 5.91 Å². The van der Waals surface area contributed by atoms with Crippen LogP contribution in [0.3, 0.4) is 0 Å². The molecule has 1 unspecified atom stereocenters. The second-order valence-corrected chi connectivity index (χ2v) is 6.20. The number of nitrogens with zero attached hydrogens (tertiary/aromatic N) is 2. The van der Waals surface area contributed by atoms with Gasteiger partial charge >= 0.3 is 0 Å². The molecule has 1 amide bonds. The van der Waals surface area contributed by atoms with Gasteiger partial charge in [0.05, 0.1) is 5.60 Å². The molecule has 2 heterocycles. The van der Waals surface area contributed by atoms with E-state index in [0.717, 1.165) is 17.2 Å². The number of carbonyl (C=O) groups excluding carboxylic acids is 1. The zero-order chi connectivity index (χ0) is 15.0. The Kier molecular flexibility index (Phi) is 3.59. The van der Waals surface area contributed by atoms with Gasteiger partial charge in [-0.05, 0) is 31.2 Å². The highest BCUT2D eigenvalue weighted by Crippen LogP contribution is 2.25. The van der Waals surface area contributed by atoms with Gasteiger partial charge < -0.3 is 10.0 Å². The van der Waals surface area contributed by atoms with Gasteiger partial charge in [0.2, 0.25) is 0 Å². The summed E-state index contributed by atoms with van der Waals surface area (Å²) in [6, 6.07) is 9.33. The van der Waals surface area contributed by atoms with Gasteiger partial charge in [0.15, 0.2) is 0 Å². The molecule has 110 valence electrons. The van der Waals surface area contributed by atoms with Crippen molar-refractivity contribution in [2.75, 3.05) is 13.1 Å². The molecule has 0 saturated carbocycles. The molecular formula is C16H17ClN2O2. The predicted molar refractivity (Wildman–Crippen MR) is 82.5 cm³/mol. The number of aliphatic hydroxyl groups is 1. The number of β-amino-alcohol motifs (C(OH)–C–C–N with tert-alkyl or cyclic N) is 1. The third kappa shape index (κ3) is 2.87. The van der Waals surface area contributed by atoms with Crippen molar-refractivity contribution < 1.29 is 9.90 Å². The largest absolute Gasteiger partial charge is 0.388 e. The molecule has 1 aromatic heterocycles. The van der Waals surface area contributed by atoms with Gasteiger partial charge in [-0.1, -0.05) is 35.9 Å². The lowest BCUT2D eigenvalue weighted by molar-refractivity contribution is -0.0109. The normalized spacial score (nSPS) is 22.5. The molecule has 1 N–H and O–H groups in total. The molecule has 1 aliphatic rings. The van der Waals surface area contributed by atoms with Crippen LogP contribution in [0.5, 0.6) is 0 Å². The Hall–Kier alpha value is -1.65. The zero-order valence-electron chi connectivity index (χ0n) is 11.8. The van der Waals surface area contributed by atoms with Crippen molar-refractivity contribution >= 4 is 28.3 Å². The number of rotatable bonds is 1. The first kappa shape index (κ1) is 14.3. The smallest absolute Gasteiger partial charge is 0.272 e. The molecule has 1 aliphatic heterocycles. The highest BCUT2D eigenvalue weighted by Gasteiger charge is 2.31. The van der Waals surface area contributed by atoms with E-state index in [-0.39, 0.29) is 5.91 Å². The van der Waals surface area contributed by atoms with Gasteiger partial charge in [-0.25, -0.2) is 4.98 Å². The number of hydrogen-bond acceptors (Lipinski definition) is 3. The fraction of sp³-hybridized carbons (Fsp3) is 0.375. The predicted octanol–water partition coefficient (Wildman–Crippen LogP) is 2.88. The standard InChI is InChI=1S/C16H17ClN2O2/c1-16(21)7-4-8-19(10-16)15(20)13-9-11-5-2-3-6-12(11)14(17)18-13/h2-3,5-6,9,21H,4,7-8,10H2,1H3. The first-order valence-corrected chi connectivity index (χ1v) is 7.41. The molecular weight excluding hydrogens is 288 g/mol. The van der Waals surface area contributed by atoms with Gasteiger partial charge in [-0.2, -0.15) is 0 Å². The molecule has 5 heteroatoms. The van der Waals surface area contributed by atoms with Crippen molar-refractivity contribution in [1.82, 2.24) is 9.88 Å². The fourth-order valence-corrected chi connectivity index (χ4v) is 3.08. The van der Waals surface area contributed by atoms with Crippen LogP contribution in [0.25, 0.3) is 10.8 Å². The summed E-state index contributed by atoms with van der Waals surface area (Å²) < 4.78 is 0. The molecule has 2 aromatic rings. The maximum Gasteiger partial charge on any atom is 0.272 e. The maximum absolute atomic E-state index is 12.6. The van der Waals surface area contributed by atoms with Crippen LogP contribution in [0.4, 0.5) is 0 Å². The number of pyridine rings is 1. The molecule has 1 atom stereocenters. The maximum atomic E-state index is 12.6. The minimum absolute atomic E-state index is 0.178. The topological polar surface area (TPSA) is 53.4 Å². The molecule has 1 saturated heterocycles. The van der Waals surface area contributed by atoms with Crippen LogP contribution in [0.1, 0.15) is 30.3 Å². The fourth-order valence-electron chi connectivity index (χ4n) is 2.82. The summed E-state index contributed by atoms with van der Waals surface area (Å²) in [4.78, 5) is 18.4. The van der Waals surface area contributed by atoms with Crippen LogP contribution in [0.15, 0.2) is 30.3 Å². The van der Waals surface area contributed by atoms with Gasteiger partial charge in [-0.3, -0.25) is 4.79 Å². The number of fused-ring (bicyclic) bond motifs is 1. The van der Waals surface area contributed by atoms with E-state index in [1.165, 1.54) is 0 Å². The molecule has 3 rings (SSSR count). The molecule has 1 fully saturated rings. The summed E-state index contributed by atoms with van der Waals surface area (Å²) in [7, 11) is 0. The number of halogens is 1. The quantitative estimate of drug-likeness (QED) is 0.824. The Morgan fingerprint density at radius 3 is 2.95 bits per heavy atom. The second kappa shape index (κ2) is 5.28. The molecule has 0 aliphatic carbocycles. The Bertz CT molecular complexity index is 700. The minimum Gasteiger partial charge on any atom is -0.388 e. The molecule has 4 nitrogen and oxygen atoms in total. The van der Waals surface area contributed by atoms with Crippen molar-refractivity contribution in [1.29, 1.82) is 0 Å². The number of piperidine rings is 1. The summed E-state index contributed by atoms with van der Waals surface area (Å²) in [6.45, 7) is 2.73. The number of hydrogen-bond donors (Lipinski definition) is 1. The number of aromatic nitrogens is 1. The van der Waals surface area contributed by atoms with E-state index in [1.807, 2.05) is 24.3 Å². The van der Waals surface area contributed by atoms with Crippen LogP contribution >= 0.6 is 11.6 Å². The molecule has 0 spiro atoms. The van der Waals surface area contributed by atoms with Crippen LogP contribution in [0.2, 0.25) is 5.15 Å². The lowest BCUT2D eigenvalue weighted by Crippen LogP contribution is -2.48. The highest BCUT2D eigenvalue weighted by atomic mass is 35.5. The second-order valence-electron chi connectivity index (χ2n) is 5.85. The van der Waals surface area contributed by atoms with Crippen LogP contribution in [0, 0.1) is 0 Å². The monoisotopic (exact) mass is 304 g/mol. The molecule has 21 heavy (non-hydrogen) atoms. The third-order valence-electron chi connectivity index (χ3n) is 3.88. The Morgan fingerprint density at radius 1 is 1.43 bits per heavy atom. The van der Waals surface area contributed by atoms with Gasteiger partial charge in [-0.15, -0.1) is 0 Å². The van der Waals surface area contributed by atoms with E-state index in [9.17, 15) is 9.90 Å². The Morgan fingerprint density at radius 2 is 2.19 bits per heavy atom. The summed E-state index contributed by atoms with van der Waals surface area (Å²) in [5.74, 6) is -0.178. The van der Waals surface area contributed by atoms with Crippen molar-refractivity contribution in [2.45, 2.75) is 25.4 Å². The van der Waals surface area contributed by atoms with E-state index in [2.05, 4.69) is 4.98 Å². The zero-order valence-corrected chi connectivity index (χ0v) is 12.6. The minimum atomic E-state index is -0.825. The number of carbonyl (C=O) groups is 1. The third-order valence-corrected chi connectivity index (χ3v) is 4.16. The van der Waals surface area contributed by atoms with E-state index in [4.69, 9.17) is 11.6 Å². The van der Waals surface area contributed by atoms with Gasteiger partial charge in [0, 0.05) is 18.5 Å². The van der Waals surface area contributed by atoms with E-state index in [0.29, 0.717) is 30.4 Å². The van der Waals surface area contributed by atoms with Crippen molar-refractivity contribution in [3.63, 3.8) is 0 Å². The SMILES string of the molecule is CC1(O)CCCN(C(=O)c2cc3ccccc3c(Cl)n2)C1. The molecule has 0 radical (unpaired) electrons. The van der Waals surface area contributed by atoms with Crippen LogP contribution in [-0.2, 0) is 0 Å². The molecule has 0 bridgehead atoms. The first-order valence-electron chi connectivity index (χ1n) is 7.03.